The van der Waals surface area contributed by atoms with Crippen LogP contribution in [0.3, 0.4) is 0 Å². The molecule has 3 aliphatic heterocycles. The largest absolute Gasteiger partial charge is 0.477 e. The average molecular weight is 494 g/mol. The van der Waals surface area contributed by atoms with E-state index in [4.69, 9.17) is 14.2 Å². The summed E-state index contributed by atoms with van der Waals surface area (Å²) in [5.41, 5.74) is 1.74. The predicted molar refractivity (Wildman–Crippen MR) is 138 cm³/mol. The molecule has 3 aromatic rings. The fourth-order valence-electron chi connectivity index (χ4n) is 6.07. The molecule has 0 saturated carbocycles. The number of rotatable bonds is 6. The number of halogens is 1. The van der Waals surface area contributed by atoms with E-state index in [2.05, 4.69) is 32.0 Å². The highest BCUT2D eigenvalue weighted by Crippen LogP contribution is 2.32. The molecule has 0 spiro atoms. The summed E-state index contributed by atoms with van der Waals surface area (Å²) in [6.07, 6.45) is 7.54. The molecule has 0 aliphatic carbocycles. The van der Waals surface area contributed by atoms with Crippen molar-refractivity contribution in [2.24, 2.45) is 5.92 Å². The number of anilines is 1. The van der Waals surface area contributed by atoms with E-state index in [1.807, 2.05) is 6.07 Å². The van der Waals surface area contributed by atoms with Crippen molar-refractivity contribution in [2.75, 3.05) is 50.8 Å². The van der Waals surface area contributed by atoms with Gasteiger partial charge in [-0.2, -0.15) is 0 Å². The molecular weight excluding hydrogens is 457 g/mol. The number of likely N-dealkylation sites (tertiary alicyclic amines) is 1. The fourth-order valence-corrected chi connectivity index (χ4v) is 6.07. The summed E-state index contributed by atoms with van der Waals surface area (Å²) in [6, 6.07) is 11.3. The van der Waals surface area contributed by atoms with Crippen LogP contribution in [0.2, 0.25) is 0 Å². The van der Waals surface area contributed by atoms with Gasteiger partial charge in [0.2, 0.25) is 5.88 Å². The molecule has 3 aliphatic rings. The minimum absolute atomic E-state index is 0.256. The van der Waals surface area contributed by atoms with E-state index in [1.54, 1.807) is 6.07 Å². The molecule has 8 heteroatoms. The summed E-state index contributed by atoms with van der Waals surface area (Å²) < 4.78 is 25.4. The first-order chi connectivity index (χ1) is 17.7. The number of piperidine rings is 1. The highest BCUT2D eigenvalue weighted by molar-refractivity contribution is 5.88. The van der Waals surface area contributed by atoms with E-state index < -0.39 is 0 Å². The molecule has 3 saturated heterocycles. The van der Waals surface area contributed by atoms with Gasteiger partial charge < -0.3 is 14.2 Å². The van der Waals surface area contributed by atoms with Crippen LogP contribution in [0.15, 0.2) is 40.9 Å². The third-order valence-corrected chi connectivity index (χ3v) is 8.05. The summed E-state index contributed by atoms with van der Waals surface area (Å²) in [5, 5.41) is 5.02. The second-order valence-corrected chi connectivity index (χ2v) is 10.7. The van der Waals surface area contributed by atoms with Crippen LogP contribution in [0.25, 0.3) is 11.0 Å². The Morgan fingerprint density at radius 3 is 2.75 bits per heavy atom. The summed E-state index contributed by atoms with van der Waals surface area (Å²) >= 11 is 0. The van der Waals surface area contributed by atoms with E-state index in [1.165, 1.54) is 50.9 Å². The molecule has 0 radical (unpaired) electrons. The van der Waals surface area contributed by atoms with Gasteiger partial charge >= 0.3 is 0 Å². The standard InChI is InChI=1S/C28H36FN5O2/c29-22-9-11-26-25(16-22)28(31-36-26)34-15-14-33-17-21(8-10-24(33)19-34)20-35-27-7-5-6-23(30-27)18-32-12-3-1-2-4-13-32/h5-7,9,11,16,21,24H,1-4,8,10,12-15,17-20H2/t21-,24+/m1/s1. The van der Waals surface area contributed by atoms with E-state index in [-0.39, 0.29) is 5.82 Å². The molecule has 2 aromatic heterocycles. The number of aromatic nitrogens is 2. The number of ether oxygens (including phenoxy) is 1. The Kier molecular flexibility index (Phi) is 7.05. The Morgan fingerprint density at radius 2 is 1.86 bits per heavy atom. The molecule has 5 heterocycles. The fraction of sp³-hybridized carbons (Fsp3) is 0.571. The van der Waals surface area contributed by atoms with E-state index in [9.17, 15) is 4.39 Å². The van der Waals surface area contributed by atoms with E-state index >= 15 is 0 Å². The van der Waals surface area contributed by atoms with Crippen molar-refractivity contribution in [3.8, 4) is 5.88 Å². The topological polar surface area (TPSA) is 57.9 Å². The van der Waals surface area contributed by atoms with Gasteiger partial charge in [0.05, 0.1) is 17.7 Å². The van der Waals surface area contributed by atoms with Crippen LogP contribution in [0, 0.1) is 11.7 Å². The molecule has 0 bridgehead atoms. The van der Waals surface area contributed by atoms with Gasteiger partial charge in [0.15, 0.2) is 11.4 Å². The lowest BCUT2D eigenvalue weighted by Gasteiger charge is -2.46. The normalized spacial score (nSPS) is 24.0. The Bertz CT molecular complexity index is 1160. The van der Waals surface area contributed by atoms with Crippen molar-refractivity contribution in [3.63, 3.8) is 0 Å². The highest BCUT2D eigenvalue weighted by atomic mass is 19.1. The molecule has 192 valence electrons. The van der Waals surface area contributed by atoms with Gasteiger partial charge in [0.25, 0.3) is 0 Å². The third kappa shape index (κ3) is 5.34. The highest BCUT2D eigenvalue weighted by Gasteiger charge is 2.34. The van der Waals surface area contributed by atoms with Crippen LogP contribution in [0.4, 0.5) is 10.2 Å². The first kappa shape index (κ1) is 23.7. The SMILES string of the molecule is Fc1ccc2onc(N3CCN4C[C@H](COc5cccc(CN6CCCCCC6)n5)CC[C@H]4C3)c2c1. The van der Waals surface area contributed by atoms with Gasteiger partial charge in [-0.15, -0.1) is 0 Å². The minimum atomic E-state index is -0.256. The van der Waals surface area contributed by atoms with Crippen molar-refractivity contribution < 1.29 is 13.7 Å². The molecule has 0 N–H and O–H groups in total. The molecule has 0 amide bonds. The van der Waals surface area contributed by atoms with Crippen LogP contribution in [-0.2, 0) is 6.54 Å². The van der Waals surface area contributed by atoms with Crippen molar-refractivity contribution in [2.45, 2.75) is 51.1 Å². The second kappa shape index (κ2) is 10.7. The van der Waals surface area contributed by atoms with Gasteiger partial charge in [-0.25, -0.2) is 9.37 Å². The Morgan fingerprint density at radius 1 is 0.972 bits per heavy atom. The summed E-state index contributed by atoms with van der Waals surface area (Å²) in [7, 11) is 0. The number of pyridine rings is 1. The smallest absolute Gasteiger partial charge is 0.213 e. The van der Waals surface area contributed by atoms with Crippen molar-refractivity contribution in [3.05, 3.63) is 47.9 Å². The maximum atomic E-state index is 13.8. The van der Waals surface area contributed by atoms with Gasteiger partial charge in [-0.1, -0.05) is 24.1 Å². The Labute approximate surface area is 212 Å². The van der Waals surface area contributed by atoms with E-state index in [0.717, 1.165) is 68.3 Å². The van der Waals surface area contributed by atoms with Gasteiger partial charge in [0.1, 0.15) is 5.82 Å². The quantitative estimate of drug-likeness (QED) is 0.493. The monoisotopic (exact) mass is 493 g/mol. The van der Waals surface area contributed by atoms with Crippen molar-refractivity contribution in [1.29, 1.82) is 0 Å². The number of piperazine rings is 1. The maximum absolute atomic E-state index is 13.8. The summed E-state index contributed by atoms with van der Waals surface area (Å²) in [6.45, 7) is 7.74. The number of hydrogen-bond acceptors (Lipinski definition) is 7. The summed E-state index contributed by atoms with van der Waals surface area (Å²) in [5.74, 6) is 1.76. The van der Waals surface area contributed by atoms with Crippen LogP contribution in [-0.4, -0.2) is 71.9 Å². The molecule has 0 unspecified atom stereocenters. The maximum Gasteiger partial charge on any atom is 0.213 e. The van der Waals surface area contributed by atoms with Crippen LogP contribution < -0.4 is 9.64 Å². The molecular formula is C28H36FN5O2. The first-order valence-corrected chi connectivity index (χ1v) is 13.6. The number of benzene rings is 1. The minimum Gasteiger partial charge on any atom is -0.477 e. The van der Waals surface area contributed by atoms with Crippen LogP contribution in [0.5, 0.6) is 5.88 Å². The lowest BCUT2D eigenvalue weighted by Crippen LogP contribution is -2.57. The average Bonchev–Trinajstić information content (AvgIpc) is 3.14. The van der Waals surface area contributed by atoms with Gasteiger partial charge in [-0.3, -0.25) is 9.80 Å². The third-order valence-electron chi connectivity index (χ3n) is 8.05. The molecule has 6 rings (SSSR count). The predicted octanol–water partition coefficient (Wildman–Crippen LogP) is 4.72. The Balaban J connectivity index is 1.01. The van der Waals surface area contributed by atoms with Crippen molar-refractivity contribution >= 4 is 16.8 Å². The van der Waals surface area contributed by atoms with Gasteiger partial charge in [-0.05, 0) is 63.0 Å². The first-order valence-electron chi connectivity index (χ1n) is 13.6. The van der Waals surface area contributed by atoms with Crippen molar-refractivity contribution in [1.82, 2.24) is 19.9 Å². The molecule has 1 aromatic carbocycles. The Hall–Kier alpha value is -2.71. The van der Waals surface area contributed by atoms with Crippen LogP contribution >= 0.6 is 0 Å². The lowest BCUT2D eigenvalue weighted by atomic mass is 9.91. The molecule has 2 atom stereocenters. The zero-order valence-corrected chi connectivity index (χ0v) is 20.9. The molecule has 3 fully saturated rings. The number of fused-ring (bicyclic) bond motifs is 2. The van der Waals surface area contributed by atoms with Crippen LogP contribution in [0.1, 0.15) is 44.2 Å². The zero-order valence-electron chi connectivity index (χ0n) is 20.9. The van der Waals surface area contributed by atoms with E-state index in [0.29, 0.717) is 24.1 Å². The lowest BCUT2D eigenvalue weighted by molar-refractivity contribution is 0.0716. The molecule has 7 nitrogen and oxygen atoms in total. The second-order valence-electron chi connectivity index (χ2n) is 10.7. The zero-order chi connectivity index (χ0) is 24.3. The van der Waals surface area contributed by atoms with Gasteiger partial charge in [0, 0.05) is 50.7 Å². The number of nitrogens with zero attached hydrogens (tertiary/aromatic N) is 5. The molecule has 36 heavy (non-hydrogen) atoms. The summed E-state index contributed by atoms with van der Waals surface area (Å²) in [4.78, 5) is 12.2. The number of hydrogen-bond donors (Lipinski definition) is 0.